The summed E-state index contributed by atoms with van der Waals surface area (Å²) in [7, 11) is 5.28. The van der Waals surface area contributed by atoms with Crippen LogP contribution in [0.2, 0.25) is 0 Å². The topological polar surface area (TPSA) is 104 Å². The molecule has 0 bridgehead atoms. The largest absolute Gasteiger partial charge is 0.394 e. The zero-order valence-corrected chi connectivity index (χ0v) is 13.6. The normalized spacial score (nSPS) is 32.4. The van der Waals surface area contributed by atoms with Crippen molar-refractivity contribution in [2.75, 3.05) is 32.7 Å². The van der Waals surface area contributed by atoms with Crippen LogP contribution in [0.15, 0.2) is 12.7 Å². The Hall–Kier alpha value is -1.85. The number of hydrogen-bond acceptors (Lipinski definition) is 9. The lowest BCUT2D eigenvalue weighted by Crippen LogP contribution is -2.31. The van der Waals surface area contributed by atoms with Crippen molar-refractivity contribution in [2.24, 2.45) is 0 Å². The summed E-state index contributed by atoms with van der Waals surface area (Å²) in [5.74, 6) is 0.713. The molecular formula is C14H19N5O5. The van der Waals surface area contributed by atoms with Gasteiger partial charge in [0.1, 0.15) is 24.6 Å². The van der Waals surface area contributed by atoms with Crippen LogP contribution in [0.1, 0.15) is 6.23 Å². The molecule has 2 aliphatic heterocycles. The van der Waals surface area contributed by atoms with Crippen LogP contribution in [0.25, 0.3) is 11.2 Å². The van der Waals surface area contributed by atoms with Gasteiger partial charge in [-0.15, -0.1) is 0 Å². The molecule has 2 aromatic rings. The molecule has 10 heteroatoms. The van der Waals surface area contributed by atoms with Crippen LogP contribution >= 0.6 is 0 Å². The van der Waals surface area contributed by atoms with Crippen LogP contribution in [-0.4, -0.2) is 77.2 Å². The number of anilines is 1. The number of aromatic nitrogens is 4. The summed E-state index contributed by atoms with van der Waals surface area (Å²) in [6.45, 7) is -0.954. The fraction of sp³-hybridized carbons (Fsp3) is 0.643. The van der Waals surface area contributed by atoms with Crippen molar-refractivity contribution < 1.29 is 24.1 Å². The van der Waals surface area contributed by atoms with Crippen LogP contribution in [0.3, 0.4) is 0 Å². The van der Waals surface area contributed by atoms with Crippen molar-refractivity contribution in [3.63, 3.8) is 0 Å². The molecule has 0 aromatic carbocycles. The lowest BCUT2D eigenvalue weighted by molar-refractivity contribution is -0.256. The molecule has 130 valence electrons. The summed E-state index contributed by atoms with van der Waals surface area (Å²) in [5, 5.41) is 9.56. The smallest absolute Gasteiger partial charge is 0.272 e. The van der Waals surface area contributed by atoms with Gasteiger partial charge in [-0.25, -0.2) is 15.0 Å². The molecule has 0 radical (unpaired) electrons. The number of ether oxygens (including phenoxy) is 4. The van der Waals surface area contributed by atoms with Gasteiger partial charge in [0.05, 0.1) is 12.9 Å². The number of fused-ring (bicyclic) bond motifs is 2. The maximum atomic E-state index is 9.56. The quantitative estimate of drug-likeness (QED) is 0.790. The summed E-state index contributed by atoms with van der Waals surface area (Å²) in [6, 6.07) is 0. The third kappa shape index (κ3) is 2.26. The maximum Gasteiger partial charge on any atom is 0.272 e. The molecule has 0 aliphatic carbocycles. The minimum Gasteiger partial charge on any atom is -0.394 e. The van der Waals surface area contributed by atoms with Gasteiger partial charge >= 0.3 is 0 Å². The minimum absolute atomic E-state index is 0.179. The second-order valence-corrected chi connectivity index (χ2v) is 5.89. The zero-order chi connectivity index (χ0) is 16.8. The van der Waals surface area contributed by atoms with Gasteiger partial charge in [-0.1, -0.05) is 0 Å². The molecule has 2 aromatic heterocycles. The number of aliphatic hydroxyl groups excluding tert-OH is 1. The Balaban J connectivity index is 1.73. The van der Waals surface area contributed by atoms with Gasteiger partial charge in [0.2, 0.25) is 0 Å². The average molecular weight is 337 g/mol. The Bertz CT molecular complexity index is 737. The van der Waals surface area contributed by atoms with E-state index < -0.39 is 31.0 Å². The molecular weight excluding hydrogens is 318 g/mol. The SMILES string of the molecule is COC1OC2C(CO)OC(n3cnc4c(N(C)C)ncnc43)C2O1. The first-order valence-electron chi connectivity index (χ1n) is 7.59. The van der Waals surface area contributed by atoms with Crippen molar-refractivity contribution >= 4 is 17.0 Å². The number of hydrogen-bond donors (Lipinski definition) is 1. The predicted octanol–water partition coefficient (Wildman–Crippen LogP) is -0.504. The standard InChI is InChI=1S/C14H19N5O5/c1-18(2)11-8-12(16-5-15-11)19(6-17-8)13-10-9(7(4-20)22-13)23-14(21-3)24-10/h5-7,9-10,13-14,20H,4H2,1-3H3. The second kappa shape index (κ2) is 5.90. The molecule has 5 atom stereocenters. The van der Waals surface area contributed by atoms with Crippen LogP contribution in [0.4, 0.5) is 5.82 Å². The molecule has 5 unspecified atom stereocenters. The Kier molecular flexibility index (Phi) is 3.85. The Morgan fingerprint density at radius 2 is 2.00 bits per heavy atom. The number of methoxy groups -OCH3 is 1. The van der Waals surface area contributed by atoms with Gasteiger partial charge in [-0.2, -0.15) is 0 Å². The fourth-order valence-electron chi connectivity index (χ4n) is 3.14. The van der Waals surface area contributed by atoms with Crippen molar-refractivity contribution in [2.45, 2.75) is 31.0 Å². The van der Waals surface area contributed by atoms with Crippen LogP contribution in [0.5, 0.6) is 0 Å². The molecule has 0 amide bonds. The monoisotopic (exact) mass is 337 g/mol. The zero-order valence-electron chi connectivity index (χ0n) is 13.6. The molecule has 10 nitrogen and oxygen atoms in total. The molecule has 4 heterocycles. The van der Waals surface area contributed by atoms with Gasteiger partial charge in [0, 0.05) is 21.2 Å². The van der Waals surface area contributed by atoms with Gasteiger partial charge in [-0.05, 0) is 0 Å². The minimum atomic E-state index is -0.776. The summed E-state index contributed by atoms with van der Waals surface area (Å²) in [6.07, 6.45) is 1.24. The Morgan fingerprint density at radius 3 is 2.71 bits per heavy atom. The van der Waals surface area contributed by atoms with E-state index in [4.69, 9.17) is 18.9 Å². The Morgan fingerprint density at radius 1 is 1.21 bits per heavy atom. The molecule has 2 fully saturated rings. The second-order valence-electron chi connectivity index (χ2n) is 5.89. The third-order valence-corrected chi connectivity index (χ3v) is 4.23. The lowest BCUT2D eigenvalue weighted by Gasteiger charge is -2.20. The van der Waals surface area contributed by atoms with E-state index in [1.807, 2.05) is 19.0 Å². The summed E-state index contributed by atoms with van der Waals surface area (Å²) < 4.78 is 24.2. The van der Waals surface area contributed by atoms with Gasteiger partial charge in [0.15, 0.2) is 23.2 Å². The van der Waals surface area contributed by atoms with Crippen LogP contribution in [0, 0.1) is 0 Å². The summed E-state index contributed by atoms with van der Waals surface area (Å²) in [5.41, 5.74) is 1.29. The first-order valence-corrected chi connectivity index (χ1v) is 7.59. The van der Waals surface area contributed by atoms with Crippen molar-refractivity contribution in [3.8, 4) is 0 Å². The first-order chi connectivity index (χ1) is 11.6. The number of nitrogens with zero attached hydrogens (tertiary/aromatic N) is 5. The van der Waals surface area contributed by atoms with Gasteiger partial charge in [0.25, 0.3) is 6.48 Å². The van der Waals surface area contributed by atoms with E-state index in [0.29, 0.717) is 17.0 Å². The average Bonchev–Trinajstić information content (AvgIpc) is 3.26. The summed E-state index contributed by atoms with van der Waals surface area (Å²) in [4.78, 5) is 14.9. The highest BCUT2D eigenvalue weighted by atomic mass is 16.9. The molecule has 1 N–H and O–H groups in total. The van der Waals surface area contributed by atoms with E-state index in [-0.39, 0.29) is 6.61 Å². The first kappa shape index (κ1) is 15.7. The van der Waals surface area contributed by atoms with E-state index in [9.17, 15) is 5.11 Å². The molecule has 2 aliphatic rings. The highest BCUT2D eigenvalue weighted by Crippen LogP contribution is 2.40. The van der Waals surface area contributed by atoms with Gasteiger partial charge in [-0.3, -0.25) is 4.57 Å². The summed E-state index contributed by atoms with van der Waals surface area (Å²) >= 11 is 0. The number of aliphatic hydroxyl groups is 1. The molecule has 0 saturated carbocycles. The van der Waals surface area contributed by atoms with E-state index in [2.05, 4.69) is 15.0 Å². The lowest BCUT2D eigenvalue weighted by atomic mass is 10.1. The van der Waals surface area contributed by atoms with Crippen molar-refractivity contribution in [1.29, 1.82) is 0 Å². The molecule has 4 rings (SSSR count). The highest BCUT2D eigenvalue weighted by molar-refractivity contribution is 5.83. The van der Waals surface area contributed by atoms with Crippen molar-refractivity contribution in [1.82, 2.24) is 19.5 Å². The van der Waals surface area contributed by atoms with E-state index in [0.717, 1.165) is 0 Å². The fourth-order valence-corrected chi connectivity index (χ4v) is 3.14. The number of rotatable bonds is 4. The third-order valence-electron chi connectivity index (χ3n) is 4.23. The van der Waals surface area contributed by atoms with Crippen molar-refractivity contribution in [3.05, 3.63) is 12.7 Å². The predicted molar refractivity (Wildman–Crippen MR) is 81.2 cm³/mol. The Labute approximate surface area is 137 Å². The van der Waals surface area contributed by atoms with E-state index >= 15 is 0 Å². The van der Waals surface area contributed by atoms with E-state index in [1.54, 1.807) is 10.9 Å². The molecule has 0 spiro atoms. The molecule has 2 saturated heterocycles. The molecule has 24 heavy (non-hydrogen) atoms. The van der Waals surface area contributed by atoms with E-state index in [1.165, 1.54) is 13.4 Å². The van der Waals surface area contributed by atoms with Crippen LogP contribution in [-0.2, 0) is 18.9 Å². The number of imidazole rings is 1. The van der Waals surface area contributed by atoms with Gasteiger partial charge < -0.3 is 29.0 Å². The maximum absolute atomic E-state index is 9.56. The van der Waals surface area contributed by atoms with Crippen LogP contribution < -0.4 is 4.90 Å². The highest BCUT2D eigenvalue weighted by Gasteiger charge is 2.53.